The first-order valence-corrected chi connectivity index (χ1v) is 15.9. The van der Waals surface area contributed by atoms with E-state index in [-0.39, 0.29) is 23.8 Å². The van der Waals surface area contributed by atoms with Crippen LogP contribution in [0.4, 0.5) is 5.13 Å². The fraction of sp³-hybridized carbons (Fsp3) is 0.485. The second kappa shape index (κ2) is 12.6. The molecule has 2 fully saturated rings. The van der Waals surface area contributed by atoms with Gasteiger partial charge in [0, 0.05) is 37.5 Å². The highest BCUT2D eigenvalue weighted by molar-refractivity contribution is 7.15. The number of nitrogens with zero attached hydrogens (tertiary/aromatic N) is 3. The van der Waals surface area contributed by atoms with Crippen molar-refractivity contribution in [2.24, 2.45) is 5.92 Å². The molecule has 1 saturated heterocycles. The van der Waals surface area contributed by atoms with E-state index in [0.29, 0.717) is 17.5 Å². The van der Waals surface area contributed by atoms with E-state index in [4.69, 9.17) is 4.98 Å². The molecule has 0 spiro atoms. The molecule has 210 valence electrons. The molecule has 1 unspecified atom stereocenters. The smallest absolute Gasteiger partial charge is 0.231 e. The van der Waals surface area contributed by atoms with E-state index < -0.39 is 0 Å². The van der Waals surface area contributed by atoms with Crippen LogP contribution in [0.1, 0.15) is 85.0 Å². The summed E-state index contributed by atoms with van der Waals surface area (Å²) < 4.78 is 0. The molecule has 2 heterocycles. The molecule has 1 aliphatic heterocycles. The Morgan fingerprint density at radius 3 is 2.15 bits per heavy atom. The maximum Gasteiger partial charge on any atom is 0.231 e. The second-order valence-electron chi connectivity index (χ2n) is 11.6. The molecule has 3 aliphatic rings. The lowest BCUT2D eigenvalue weighted by Crippen LogP contribution is -2.51. The highest BCUT2D eigenvalue weighted by atomic mass is 32.1. The maximum atomic E-state index is 13.8. The Bertz CT molecular complexity index is 1240. The van der Waals surface area contributed by atoms with Crippen LogP contribution in [0.15, 0.2) is 60.7 Å². The molecule has 6 nitrogen and oxygen atoms in total. The summed E-state index contributed by atoms with van der Waals surface area (Å²) in [4.78, 5) is 37.1. The number of carbonyl (C=O) groups excluding carboxylic acids is 2. The summed E-state index contributed by atoms with van der Waals surface area (Å²) in [6, 6.07) is 21.5. The molecule has 1 atom stereocenters. The molecule has 0 radical (unpaired) electrons. The van der Waals surface area contributed by atoms with Crippen molar-refractivity contribution < 1.29 is 9.59 Å². The van der Waals surface area contributed by atoms with Gasteiger partial charge in [-0.05, 0) is 49.1 Å². The van der Waals surface area contributed by atoms with Gasteiger partial charge in [-0.3, -0.25) is 14.5 Å². The zero-order chi connectivity index (χ0) is 27.3. The number of anilines is 1. The summed E-state index contributed by atoms with van der Waals surface area (Å²) in [5.41, 5.74) is 3.47. The average molecular weight is 557 g/mol. The summed E-state index contributed by atoms with van der Waals surface area (Å²) in [5.74, 6) is 0.569. The van der Waals surface area contributed by atoms with Crippen LogP contribution in [0, 0.1) is 5.92 Å². The Kier molecular flexibility index (Phi) is 8.59. The van der Waals surface area contributed by atoms with E-state index >= 15 is 0 Å². The summed E-state index contributed by atoms with van der Waals surface area (Å²) in [7, 11) is 0. The number of aromatic nitrogens is 1. The zero-order valence-electron chi connectivity index (χ0n) is 23.3. The molecule has 2 aliphatic carbocycles. The zero-order valence-corrected chi connectivity index (χ0v) is 24.1. The number of aryl methyl sites for hydroxylation is 1. The number of nitrogens with one attached hydrogen (secondary N) is 1. The van der Waals surface area contributed by atoms with Crippen molar-refractivity contribution in [2.75, 3.05) is 31.5 Å². The van der Waals surface area contributed by atoms with E-state index in [2.05, 4.69) is 70.9 Å². The first-order chi connectivity index (χ1) is 19.7. The highest BCUT2D eigenvalue weighted by Gasteiger charge is 2.36. The first kappa shape index (κ1) is 27.2. The number of hydrogen-bond acceptors (Lipinski definition) is 5. The number of carbonyl (C=O) groups is 2. The Morgan fingerprint density at radius 1 is 0.850 bits per heavy atom. The van der Waals surface area contributed by atoms with Crippen molar-refractivity contribution >= 4 is 28.3 Å². The predicted octanol–water partition coefficient (Wildman–Crippen LogP) is 6.41. The van der Waals surface area contributed by atoms with Crippen LogP contribution in [0.3, 0.4) is 0 Å². The highest BCUT2D eigenvalue weighted by Crippen LogP contribution is 2.38. The number of amides is 2. The fourth-order valence-corrected chi connectivity index (χ4v) is 7.92. The van der Waals surface area contributed by atoms with Crippen LogP contribution in [-0.2, 0) is 16.0 Å². The van der Waals surface area contributed by atoms with Crippen molar-refractivity contribution in [2.45, 2.75) is 69.7 Å². The quantitative estimate of drug-likeness (QED) is 0.365. The number of hydrogen-bond donors (Lipinski definition) is 1. The van der Waals surface area contributed by atoms with Gasteiger partial charge >= 0.3 is 0 Å². The monoisotopic (exact) mass is 556 g/mol. The Balaban J connectivity index is 1.10. The normalized spacial score (nSPS) is 20.3. The molecular formula is C33H40N4O2S. The Labute approximate surface area is 241 Å². The lowest BCUT2D eigenvalue weighted by Gasteiger charge is -2.41. The minimum Gasteiger partial charge on any atom is -0.340 e. The van der Waals surface area contributed by atoms with Crippen LogP contribution < -0.4 is 5.32 Å². The Hall–Kier alpha value is -3.03. The molecule has 1 N–H and O–H groups in total. The molecule has 2 amide bonds. The van der Waals surface area contributed by atoms with Crippen molar-refractivity contribution in [1.82, 2.24) is 14.8 Å². The van der Waals surface area contributed by atoms with Crippen molar-refractivity contribution in [3.05, 3.63) is 82.4 Å². The topological polar surface area (TPSA) is 65.5 Å². The average Bonchev–Trinajstić information content (AvgIpc) is 3.41. The van der Waals surface area contributed by atoms with Gasteiger partial charge in [0.1, 0.15) is 0 Å². The largest absolute Gasteiger partial charge is 0.340 e. The van der Waals surface area contributed by atoms with Crippen LogP contribution >= 0.6 is 11.3 Å². The number of piperazine rings is 1. The standard InChI is InChI=1S/C33H40N4O2S/c38-29(23-24-11-4-1-5-12-24)34-33-35-30-27(17-10-18-28(30)40-33)32(39)37-21-19-36(20-22-37)31(25-13-6-2-7-14-25)26-15-8-3-9-16-26/h2-3,6-9,13-16,24,27,31H,1,4-5,10-12,17-23H2,(H,34,35,38). The second-order valence-corrected chi connectivity index (χ2v) is 12.7. The number of thiazole rings is 1. The van der Waals surface area contributed by atoms with Gasteiger partial charge < -0.3 is 10.2 Å². The van der Waals surface area contributed by atoms with Crippen molar-refractivity contribution in [1.29, 1.82) is 0 Å². The van der Waals surface area contributed by atoms with Gasteiger partial charge in [-0.2, -0.15) is 0 Å². The lowest BCUT2D eigenvalue weighted by molar-refractivity contribution is -0.135. The number of rotatable bonds is 7. The number of fused-ring (bicyclic) bond motifs is 1. The first-order valence-electron chi connectivity index (χ1n) is 15.1. The van der Waals surface area contributed by atoms with Crippen LogP contribution in [-0.4, -0.2) is 52.8 Å². The lowest BCUT2D eigenvalue weighted by atomic mass is 9.87. The van der Waals surface area contributed by atoms with Gasteiger partial charge in [-0.1, -0.05) is 79.9 Å². The third-order valence-corrected chi connectivity index (χ3v) is 9.97. The molecule has 7 heteroatoms. The minimum absolute atomic E-state index is 0.0726. The van der Waals surface area contributed by atoms with E-state index in [1.807, 2.05) is 4.90 Å². The summed E-state index contributed by atoms with van der Waals surface area (Å²) in [5, 5.41) is 3.74. The van der Waals surface area contributed by atoms with E-state index in [1.165, 1.54) is 35.3 Å². The van der Waals surface area contributed by atoms with Gasteiger partial charge in [-0.25, -0.2) is 4.98 Å². The summed E-state index contributed by atoms with van der Waals surface area (Å²) >= 11 is 1.57. The molecule has 3 aromatic rings. The van der Waals surface area contributed by atoms with Gasteiger partial charge in [0.15, 0.2) is 5.13 Å². The fourth-order valence-electron chi connectivity index (χ4n) is 6.84. The SMILES string of the molecule is O=C(CC1CCCCC1)Nc1nc2c(s1)CCCC2C(=O)N1CCN(C(c2ccccc2)c2ccccc2)CC1. The molecule has 0 bridgehead atoms. The van der Waals surface area contributed by atoms with Gasteiger partial charge in [-0.15, -0.1) is 11.3 Å². The predicted molar refractivity (Wildman–Crippen MR) is 160 cm³/mol. The van der Waals surface area contributed by atoms with Crippen molar-refractivity contribution in [3.63, 3.8) is 0 Å². The molecular weight excluding hydrogens is 516 g/mol. The molecule has 6 rings (SSSR count). The van der Waals surface area contributed by atoms with Crippen LogP contribution in [0.5, 0.6) is 0 Å². The molecule has 2 aromatic carbocycles. The molecule has 40 heavy (non-hydrogen) atoms. The number of benzene rings is 2. The maximum absolute atomic E-state index is 13.8. The van der Waals surface area contributed by atoms with Crippen molar-refractivity contribution in [3.8, 4) is 0 Å². The third kappa shape index (κ3) is 6.16. The van der Waals surface area contributed by atoms with E-state index in [9.17, 15) is 9.59 Å². The van der Waals surface area contributed by atoms with Gasteiger partial charge in [0.05, 0.1) is 17.7 Å². The van der Waals surface area contributed by atoms with Gasteiger partial charge in [0.2, 0.25) is 11.8 Å². The van der Waals surface area contributed by atoms with Crippen LogP contribution in [0.25, 0.3) is 0 Å². The van der Waals surface area contributed by atoms with Crippen LogP contribution in [0.2, 0.25) is 0 Å². The molecule has 1 saturated carbocycles. The van der Waals surface area contributed by atoms with E-state index in [1.54, 1.807) is 11.3 Å². The third-order valence-electron chi connectivity index (χ3n) is 8.92. The minimum atomic E-state index is -0.199. The summed E-state index contributed by atoms with van der Waals surface area (Å²) in [6.45, 7) is 3.10. The summed E-state index contributed by atoms with van der Waals surface area (Å²) in [6.07, 6.45) is 9.44. The Morgan fingerprint density at radius 2 is 1.50 bits per heavy atom. The van der Waals surface area contributed by atoms with Gasteiger partial charge in [0.25, 0.3) is 0 Å². The van der Waals surface area contributed by atoms with E-state index in [0.717, 1.165) is 64.0 Å². The molecule has 1 aromatic heterocycles.